The zero-order chi connectivity index (χ0) is 23.3. The van der Waals surface area contributed by atoms with Gasteiger partial charge in [-0.15, -0.1) is 0 Å². The van der Waals surface area contributed by atoms with Crippen molar-refractivity contribution in [3.8, 4) is 0 Å². The lowest BCUT2D eigenvalue weighted by Crippen LogP contribution is -2.30. The zero-order valence-corrected chi connectivity index (χ0v) is 20.5. The van der Waals surface area contributed by atoms with Crippen molar-refractivity contribution in [2.24, 2.45) is 4.99 Å². The molecular formula is C26H23BrN2O3S. The summed E-state index contributed by atoms with van der Waals surface area (Å²) < 4.78 is 35.2. The van der Waals surface area contributed by atoms with Crippen LogP contribution in [0.2, 0.25) is 0 Å². The van der Waals surface area contributed by atoms with Crippen molar-refractivity contribution in [2.75, 3.05) is 0 Å². The Balaban J connectivity index is 1.57. The molecular weight excluding hydrogens is 500 g/mol. The molecule has 4 rings (SSSR count). The molecule has 7 heteroatoms. The number of aryl methyl sites for hydroxylation is 1. The normalized spacial score (nSPS) is 12.0. The number of rotatable bonds is 8. The number of halogens is 1. The van der Waals surface area contributed by atoms with Crippen LogP contribution in [0.5, 0.6) is 0 Å². The van der Waals surface area contributed by atoms with E-state index in [9.17, 15) is 8.42 Å². The molecule has 0 saturated carbocycles. The molecule has 0 N–H and O–H groups in total. The molecule has 1 heterocycles. The van der Waals surface area contributed by atoms with Crippen LogP contribution in [0.4, 0.5) is 5.69 Å². The van der Waals surface area contributed by atoms with Gasteiger partial charge in [-0.25, -0.2) is 8.42 Å². The van der Waals surface area contributed by atoms with Gasteiger partial charge in [0, 0.05) is 11.0 Å². The summed E-state index contributed by atoms with van der Waals surface area (Å²) in [5.74, 6) is 1.10. The van der Waals surface area contributed by atoms with Gasteiger partial charge < -0.3 is 4.42 Å². The van der Waals surface area contributed by atoms with Crippen LogP contribution in [0.15, 0.2) is 110 Å². The van der Waals surface area contributed by atoms with E-state index >= 15 is 0 Å². The Kier molecular flexibility index (Phi) is 7.23. The van der Waals surface area contributed by atoms with Gasteiger partial charge in [0.15, 0.2) is 0 Å². The van der Waals surface area contributed by atoms with E-state index in [4.69, 9.17) is 4.42 Å². The van der Waals surface area contributed by atoms with E-state index < -0.39 is 10.0 Å². The molecule has 0 saturated heterocycles. The highest BCUT2D eigenvalue weighted by atomic mass is 79.9. The third-order valence-electron chi connectivity index (χ3n) is 5.04. The first-order valence-electron chi connectivity index (χ1n) is 10.4. The number of hydrogen-bond acceptors (Lipinski definition) is 4. The lowest BCUT2D eigenvalue weighted by molar-refractivity contribution is 0.357. The van der Waals surface area contributed by atoms with Crippen molar-refractivity contribution >= 4 is 37.9 Å². The first-order chi connectivity index (χ1) is 15.9. The van der Waals surface area contributed by atoms with Gasteiger partial charge in [-0.1, -0.05) is 64.0 Å². The second-order valence-corrected chi connectivity index (χ2v) is 10.5. The van der Waals surface area contributed by atoms with Crippen LogP contribution in [0.1, 0.15) is 22.6 Å². The molecule has 4 aromatic rings. The quantitative estimate of drug-likeness (QED) is 0.248. The smallest absolute Gasteiger partial charge is 0.243 e. The summed E-state index contributed by atoms with van der Waals surface area (Å²) in [7, 11) is -3.73. The Morgan fingerprint density at radius 1 is 0.879 bits per heavy atom. The second-order valence-electron chi connectivity index (χ2n) is 7.61. The lowest BCUT2D eigenvalue weighted by Gasteiger charge is -2.21. The first kappa shape index (κ1) is 23.2. The number of furan rings is 1. The van der Waals surface area contributed by atoms with Crippen LogP contribution in [-0.2, 0) is 23.1 Å². The SMILES string of the molecule is Cc1ccc(S(=O)(=O)N(Cc2ccccc2)Cc2ccc(C=Nc3ccc(Br)cc3)o2)cc1. The van der Waals surface area contributed by atoms with Crippen molar-refractivity contribution in [2.45, 2.75) is 24.9 Å². The van der Waals surface area contributed by atoms with Crippen LogP contribution < -0.4 is 0 Å². The highest BCUT2D eigenvalue weighted by Gasteiger charge is 2.26. The molecule has 168 valence electrons. The van der Waals surface area contributed by atoms with Crippen molar-refractivity contribution in [1.82, 2.24) is 4.31 Å². The predicted molar refractivity (Wildman–Crippen MR) is 134 cm³/mol. The van der Waals surface area contributed by atoms with Crippen LogP contribution in [0, 0.1) is 6.92 Å². The monoisotopic (exact) mass is 522 g/mol. The van der Waals surface area contributed by atoms with Crippen molar-refractivity contribution in [3.63, 3.8) is 0 Å². The van der Waals surface area contributed by atoms with E-state index in [1.165, 1.54) is 4.31 Å². The third-order valence-corrected chi connectivity index (χ3v) is 7.38. The van der Waals surface area contributed by atoms with Gasteiger partial charge in [-0.05, 0) is 61.0 Å². The van der Waals surface area contributed by atoms with Crippen LogP contribution >= 0.6 is 15.9 Å². The maximum absolute atomic E-state index is 13.5. The number of aliphatic imine (C=N–C) groups is 1. The molecule has 0 spiro atoms. The fourth-order valence-corrected chi connectivity index (χ4v) is 4.92. The average molecular weight is 523 g/mol. The molecule has 3 aromatic carbocycles. The number of nitrogens with zero attached hydrogens (tertiary/aromatic N) is 2. The van der Waals surface area contributed by atoms with Crippen molar-refractivity contribution in [3.05, 3.63) is 118 Å². The van der Waals surface area contributed by atoms with Crippen LogP contribution in [0.3, 0.4) is 0 Å². The van der Waals surface area contributed by atoms with E-state index in [0.29, 0.717) is 11.5 Å². The van der Waals surface area contributed by atoms with Gasteiger partial charge in [-0.3, -0.25) is 4.99 Å². The van der Waals surface area contributed by atoms with E-state index in [-0.39, 0.29) is 18.0 Å². The molecule has 0 unspecified atom stereocenters. The highest BCUT2D eigenvalue weighted by molar-refractivity contribution is 9.10. The van der Waals surface area contributed by atoms with Gasteiger partial charge in [-0.2, -0.15) is 4.31 Å². The summed E-state index contributed by atoms with van der Waals surface area (Å²) >= 11 is 3.40. The van der Waals surface area contributed by atoms with Crippen molar-refractivity contribution < 1.29 is 12.8 Å². The summed E-state index contributed by atoms with van der Waals surface area (Å²) in [6.07, 6.45) is 1.63. The fraction of sp³-hybridized carbons (Fsp3) is 0.115. The van der Waals surface area contributed by atoms with Gasteiger partial charge in [0.2, 0.25) is 10.0 Å². The summed E-state index contributed by atoms with van der Waals surface area (Å²) in [5.41, 5.74) is 2.70. The minimum absolute atomic E-state index is 0.108. The molecule has 0 fully saturated rings. The minimum atomic E-state index is -3.73. The summed E-state index contributed by atoms with van der Waals surface area (Å²) in [6, 6.07) is 27.6. The Labute approximate surface area is 202 Å². The summed E-state index contributed by atoms with van der Waals surface area (Å²) in [6.45, 7) is 2.27. The van der Waals surface area contributed by atoms with E-state index in [1.54, 1.807) is 42.6 Å². The molecule has 33 heavy (non-hydrogen) atoms. The first-order valence-corrected chi connectivity index (χ1v) is 12.6. The standard InChI is InChI=1S/C26H23BrN2O3S/c1-20-7-15-26(16-8-20)33(30,31)29(18-21-5-3-2-4-6-21)19-25-14-13-24(32-25)17-28-23-11-9-22(27)10-12-23/h2-17H,18-19H2,1H3. The van der Waals surface area contributed by atoms with Crippen LogP contribution in [0.25, 0.3) is 0 Å². The highest BCUT2D eigenvalue weighted by Crippen LogP contribution is 2.23. The number of hydrogen-bond donors (Lipinski definition) is 0. The molecule has 0 atom stereocenters. The van der Waals surface area contributed by atoms with Gasteiger partial charge in [0.05, 0.1) is 23.3 Å². The minimum Gasteiger partial charge on any atom is -0.459 e. The number of sulfonamides is 1. The lowest BCUT2D eigenvalue weighted by atomic mass is 10.2. The molecule has 0 aliphatic heterocycles. The zero-order valence-electron chi connectivity index (χ0n) is 18.1. The van der Waals surface area contributed by atoms with E-state index in [1.807, 2.05) is 61.5 Å². The average Bonchev–Trinajstić information content (AvgIpc) is 3.27. The molecule has 0 amide bonds. The molecule has 0 radical (unpaired) electrons. The molecule has 5 nitrogen and oxygen atoms in total. The van der Waals surface area contributed by atoms with Crippen molar-refractivity contribution in [1.29, 1.82) is 0 Å². The Bertz CT molecular complexity index is 1330. The van der Waals surface area contributed by atoms with E-state index in [0.717, 1.165) is 21.3 Å². The maximum atomic E-state index is 13.5. The Morgan fingerprint density at radius 2 is 1.58 bits per heavy atom. The third kappa shape index (κ3) is 6.07. The Hall–Kier alpha value is -3.00. The van der Waals surface area contributed by atoms with Gasteiger partial charge >= 0.3 is 0 Å². The number of benzene rings is 3. The molecule has 0 aliphatic carbocycles. The fourth-order valence-electron chi connectivity index (χ4n) is 3.26. The summed E-state index contributed by atoms with van der Waals surface area (Å²) in [4.78, 5) is 4.67. The van der Waals surface area contributed by atoms with Crippen LogP contribution in [-0.4, -0.2) is 18.9 Å². The Morgan fingerprint density at radius 3 is 2.27 bits per heavy atom. The topological polar surface area (TPSA) is 62.9 Å². The predicted octanol–water partition coefficient (Wildman–Crippen LogP) is 6.49. The molecule has 0 bridgehead atoms. The maximum Gasteiger partial charge on any atom is 0.243 e. The van der Waals surface area contributed by atoms with Gasteiger partial charge in [0.1, 0.15) is 11.5 Å². The molecule has 1 aromatic heterocycles. The van der Waals surface area contributed by atoms with Gasteiger partial charge in [0.25, 0.3) is 0 Å². The largest absolute Gasteiger partial charge is 0.459 e. The summed E-state index contributed by atoms with van der Waals surface area (Å²) in [5, 5.41) is 0. The molecule has 0 aliphatic rings. The second kappa shape index (κ2) is 10.3. The van der Waals surface area contributed by atoms with E-state index in [2.05, 4.69) is 20.9 Å².